The Morgan fingerprint density at radius 1 is 0.630 bits per heavy atom. The van der Waals surface area contributed by atoms with Gasteiger partial charge in [0, 0.05) is 15.4 Å². The molecule has 0 N–H and O–H groups in total. The molecule has 0 amide bonds. The van der Waals surface area contributed by atoms with Crippen LogP contribution < -0.4 is 24.8 Å². The first kappa shape index (κ1) is 36.0. The van der Waals surface area contributed by atoms with Gasteiger partial charge in [-0.1, -0.05) is 147 Å². The first-order valence-electron chi connectivity index (χ1n) is 15.6. The summed E-state index contributed by atoms with van der Waals surface area (Å²) in [5, 5.41) is 10.7. The van der Waals surface area contributed by atoms with E-state index < -0.39 is 0 Å². The summed E-state index contributed by atoms with van der Waals surface area (Å²) in [6.45, 7) is 6.61. The van der Waals surface area contributed by atoms with E-state index >= 15 is 0 Å². The van der Waals surface area contributed by atoms with Gasteiger partial charge in [0.05, 0.1) is 0 Å². The van der Waals surface area contributed by atoms with Gasteiger partial charge in [0.2, 0.25) is 0 Å². The normalized spacial score (nSPS) is 13.3. The van der Waals surface area contributed by atoms with Gasteiger partial charge in [-0.15, -0.1) is 33.7 Å². The number of fused-ring (bicyclic) bond motifs is 7. The van der Waals surface area contributed by atoms with Crippen molar-refractivity contribution in [3.05, 3.63) is 144 Å². The van der Waals surface area contributed by atoms with Crippen LogP contribution in [0.1, 0.15) is 48.8 Å². The van der Waals surface area contributed by atoms with Crippen molar-refractivity contribution in [1.82, 2.24) is 0 Å². The van der Waals surface area contributed by atoms with Crippen LogP contribution in [0, 0.1) is 0 Å². The van der Waals surface area contributed by atoms with Crippen LogP contribution in [0.15, 0.2) is 127 Å². The number of rotatable bonds is 5. The molecule has 0 saturated carbocycles. The van der Waals surface area contributed by atoms with Crippen molar-refractivity contribution >= 4 is 58.7 Å². The number of benzene rings is 6. The van der Waals surface area contributed by atoms with Gasteiger partial charge in [0.1, 0.15) is 0 Å². The molecule has 0 fully saturated rings. The van der Waals surface area contributed by atoms with Gasteiger partial charge >= 0.3 is 26.2 Å². The van der Waals surface area contributed by atoms with Gasteiger partial charge in [-0.2, -0.15) is 0 Å². The van der Waals surface area contributed by atoms with Crippen molar-refractivity contribution in [2.45, 2.75) is 45.2 Å². The SMILES string of the molecule is CCCCC1=Cc2c(-c3cc4ccccc4c4ccccc34)cccc2C1c1cccc2c1[cH-]c1ccccc12.C[Si]C.[Cl-].[Cl-].[Zr+3]. The summed E-state index contributed by atoms with van der Waals surface area (Å²) in [6, 6.07) is 45.3. The predicted octanol–water partition coefficient (Wildman–Crippen LogP) is 6.20. The van der Waals surface area contributed by atoms with Crippen molar-refractivity contribution in [1.29, 1.82) is 0 Å². The van der Waals surface area contributed by atoms with E-state index in [2.05, 4.69) is 147 Å². The van der Waals surface area contributed by atoms with Gasteiger partial charge in [-0.3, -0.25) is 0 Å². The van der Waals surface area contributed by atoms with Gasteiger partial charge in [0.25, 0.3) is 0 Å². The summed E-state index contributed by atoms with van der Waals surface area (Å²) in [6.07, 6.45) is 6.08. The third-order valence-electron chi connectivity index (χ3n) is 9.03. The fourth-order valence-electron chi connectivity index (χ4n) is 7.20. The molecule has 1 aliphatic rings. The van der Waals surface area contributed by atoms with E-state index in [0.717, 1.165) is 15.9 Å². The van der Waals surface area contributed by atoms with E-state index in [4.69, 9.17) is 0 Å². The number of allylic oxidation sites excluding steroid dienone is 1. The Hall–Kier alpha value is -2.87. The van der Waals surface area contributed by atoms with Crippen molar-refractivity contribution in [3.63, 3.8) is 0 Å². The second kappa shape index (κ2) is 15.8. The third kappa shape index (κ3) is 6.35. The molecular weight excluding hydrogens is 695 g/mol. The molecule has 8 rings (SSSR count). The average molecular weight is 732 g/mol. The minimum Gasteiger partial charge on any atom is -1.00 e. The minimum atomic E-state index is 0. The third-order valence-corrected chi connectivity index (χ3v) is 9.03. The van der Waals surface area contributed by atoms with E-state index in [1.807, 2.05) is 0 Å². The molecule has 0 saturated heterocycles. The maximum absolute atomic E-state index is 2.54. The van der Waals surface area contributed by atoms with Crippen LogP contribution in [0.2, 0.25) is 13.1 Å². The fraction of sp³-hybridized carbons (Fsp3) is 0.167. The monoisotopic (exact) mass is 729 g/mol. The van der Waals surface area contributed by atoms with Crippen LogP contribution in [0.4, 0.5) is 0 Å². The molecule has 0 nitrogen and oxygen atoms in total. The van der Waals surface area contributed by atoms with E-state index in [9.17, 15) is 0 Å². The summed E-state index contributed by atoms with van der Waals surface area (Å²) < 4.78 is 0. The minimum absolute atomic E-state index is 0. The van der Waals surface area contributed by atoms with E-state index in [1.165, 1.54) is 83.7 Å². The number of unbranched alkanes of at least 4 members (excludes halogenated alkanes) is 1. The van der Waals surface area contributed by atoms with Crippen molar-refractivity contribution in [3.8, 4) is 11.1 Å². The van der Waals surface area contributed by atoms with Crippen LogP contribution >= 0.6 is 0 Å². The quantitative estimate of drug-likeness (QED) is 0.113. The van der Waals surface area contributed by atoms with Crippen LogP contribution in [0.3, 0.4) is 0 Å². The maximum atomic E-state index is 2.54. The summed E-state index contributed by atoms with van der Waals surface area (Å²) in [4.78, 5) is 0. The zero-order chi connectivity index (χ0) is 29.3. The van der Waals surface area contributed by atoms with E-state index in [-0.39, 0.29) is 56.9 Å². The molecule has 0 aliphatic heterocycles. The van der Waals surface area contributed by atoms with Crippen LogP contribution in [0.25, 0.3) is 60.3 Å². The Labute approximate surface area is 307 Å². The van der Waals surface area contributed by atoms with Crippen molar-refractivity contribution in [2.75, 3.05) is 0 Å². The summed E-state index contributed by atoms with van der Waals surface area (Å²) >= 11 is 0. The molecule has 0 heterocycles. The summed E-state index contributed by atoms with van der Waals surface area (Å²) in [7, 11) is 1.08. The smallest absolute Gasteiger partial charge is 1.00 e. The van der Waals surface area contributed by atoms with E-state index in [1.54, 1.807) is 5.57 Å². The Balaban J connectivity index is 0.000000772. The van der Waals surface area contributed by atoms with Crippen molar-refractivity contribution < 1.29 is 51.0 Å². The molecule has 46 heavy (non-hydrogen) atoms. The first-order valence-corrected chi connectivity index (χ1v) is 17.6. The molecule has 1 unspecified atom stereocenters. The predicted molar refractivity (Wildman–Crippen MR) is 191 cm³/mol. The molecule has 1 atom stereocenters. The Morgan fingerprint density at radius 3 is 2.00 bits per heavy atom. The summed E-state index contributed by atoms with van der Waals surface area (Å²) in [5.74, 6) is 0.286. The number of halogens is 2. The molecule has 3 radical (unpaired) electrons. The molecule has 0 bridgehead atoms. The second-order valence-corrected chi connectivity index (χ2v) is 12.8. The molecule has 227 valence electrons. The van der Waals surface area contributed by atoms with Crippen LogP contribution in [0.5, 0.6) is 0 Å². The Morgan fingerprint density at radius 2 is 1.24 bits per heavy atom. The largest absolute Gasteiger partial charge is 3.00 e. The molecule has 0 aromatic heterocycles. The molecule has 7 aromatic rings. The number of hydrogen-bond donors (Lipinski definition) is 0. The Bertz CT molecular complexity index is 2140. The Kier molecular flexibility index (Phi) is 12.4. The topological polar surface area (TPSA) is 0 Å². The van der Waals surface area contributed by atoms with Gasteiger partial charge < -0.3 is 24.8 Å². The molecule has 4 heteroatoms. The number of hydrogen-bond acceptors (Lipinski definition) is 0. The fourth-order valence-corrected chi connectivity index (χ4v) is 7.20. The van der Waals surface area contributed by atoms with Crippen LogP contribution in [-0.4, -0.2) is 9.52 Å². The summed E-state index contributed by atoms with van der Waals surface area (Å²) in [5.41, 5.74) is 8.50. The van der Waals surface area contributed by atoms with Gasteiger partial charge in [0.15, 0.2) is 0 Å². The first-order chi connectivity index (χ1) is 21.2. The zero-order valence-corrected chi connectivity index (χ0v) is 31.5. The standard InChI is InChI=1S/C40H31.C2H6Si.2ClH.Zr/c1-2-3-12-28-25-39-34(37-23-26-13-4-6-15-29(26)31-17-8-9-18-33(31)37)20-11-22-36(39)40(28)35-21-10-19-32-30-16-7-5-14-27(30)24-38(32)35;1-3-2;;;/h4-11,13-25,40H,2-3,12H2,1H3;1-2H3;2*1H;/q-1;;;;+3/p-2. The molecule has 1 aliphatic carbocycles. The van der Waals surface area contributed by atoms with Gasteiger partial charge in [-0.25, -0.2) is 0 Å². The zero-order valence-electron chi connectivity index (χ0n) is 26.6. The van der Waals surface area contributed by atoms with Crippen LogP contribution in [-0.2, 0) is 26.2 Å². The van der Waals surface area contributed by atoms with Gasteiger partial charge in [-0.05, 0) is 62.7 Å². The average Bonchev–Trinajstić information content (AvgIpc) is 3.62. The molecular formula is C42H37Cl2SiZr. The maximum Gasteiger partial charge on any atom is 3.00 e. The molecule has 0 spiro atoms. The van der Waals surface area contributed by atoms with Crippen molar-refractivity contribution in [2.24, 2.45) is 0 Å². The molecule has 7 aromatic carbocycles. The second-order valence-electron chi connectivity index (χ2n) is 11.8. The van der Waals surface area contributed by atoms with E-state index in [0.29, 0.717) is 0 Å².